The van der Waals surface area contributed by atoms with Crippen LogP contribution in [0, 0.1) is 0 Å². The molecule has 3 heteroatoms. The molecule has 0 aromatic carbocycles. The number of carbonyl (C=O) groups excluding carboxylic acids is 1. The molecule has 3 nitrogen and oxygen atoms in total. The van der Waals surface area contributed by atoms with E-state index >= 15 is 0 Å². The van der Waals surface area contributed by atoms with Crippen LogP contribution in [-0.2, 0) is 14.3 Å². The van der Waals surface area contributed by atoms with Gasteiger partial charge in [-0.25, -0.2) is 4.79 Å². The van der Waals surface area contributed by atoms with Crippen LogP contribution in [0.2, 0.25) is 0 Å². The fourth-order valence-corrected chi connectivity index (χ4v) is 2.86. The van der Waals surface area contributed by atoms with Gasteiger partial charge in [-0.3, -0.25) is 0 Å². The van der Waals surface area contributed by atoms with Crippen molar-refractivity contribution in [2.75, 3.05) is 19.8 Å². The van der Waals surface area contributed by atoms with Crippen LogP contribution in [0.5, 0.6) is 0 Å². The summed E-state index contributed by atoms with van der Waals surface area (Å²) in [4.78, 5) is 11.2. The standard InChI is InChI=1S/C22H42O3/c1-4-24-19-17-15-13-11-9-7-5-6-8-10-12-14-16-18-20-25-22(23)21(2)3/h2,4-20H2,1,3H3. The van der Waals surface area contributed by atoms with E-state index in [1.54, 1.807) is 6.92 Å². The molecular formula is C22H42O3. The molecule has 0 rings (SSSR count). The van der Waals surface area contributed by atoms with E-state index in [0.717, 1.165) is 26.1 Å². The lowest BCUT2D eigenvalue weighted by molar-refractivity contribution is -0.139. The minimum Gasteiger partial charge on any atom is -0.462 e. The topological polar surface area (TPSA) is 35.5 Å². The molecule has 0 spiro atoms. The molecule has 0 saturated heterocycles. The van der Waals surface area contributed by atoms with Crippen LogP contribution in [0.4, 0.5) is 0 Å². The van der Waals surface area contributed by atoms with E-state index in [1.807, 2.05) is 0 Å². The van der Waals surface area contributed by atoms with Crippen LogP contribution >= 0.6 is 0 Å². The van der Waals surface area contributed by atoms with Crippen molar-refractivity contribution in [3.05, 3.63) is 12.2 Å². The van der Waals surface area contributed by atoms with Crippen molar-refractivity contribution in [3.63, 3.8) is 0 Å². The number of hydrogen-bond acceptors (Lipinski definition) is 3. The summed E-state index contributed by atoms with van der Waals surface area (Å²) < 4.78 is 10.4. The maximum Gasteiger partial charge on any atom is 0.333 e. The molecule has 0 aliphatic heterocycles. The maximum atomic E-state index is 11.2. The Morgan fingerprint density at radius 2 is 1.04 bits per heavy atom. The van der Waals surface area contributed by atoms with Crippen molar-refractivity contribution in [1.82, 2.24) is 0 Å². The van der Waals surface area contributed by atoms with Crippen molar-refractivity contribution in [2.45, 2.75) is 104 Å². The molecule has 0 N–H and O–H groups in total. The summed E-state index contributed by atoms with van der Waals surface area (Å²) in [6, 6.07) is 0. The van der Waals surface area contributed by atoms with Gasteiger partial charge in [0.25, 0.3) is 0 Å². The van der Waals surface area contributed by atoms with E-state index in [-0.39, 0.29) is 5.97 Å². The van der Waals surface area contributed by atoms with Crippen molar-refractivity contribution >= 4 is 5.97 Å². The molecule has 0 bridgehead atoms. The molecule has 0 radical (unpaired) electrons. The molecule has 0 aromatic rings. The number of carbonyl (C=O) groups is 1. The number of unbranched alkanes of at least 4 members (excludes halogenated alkanes) is 13. The number of ether oxygens (including phenoxy) is 2. The molecule has 148 valence electrons. The Kier molecular flexibility index (Phi) is 18.8. The highest BCUT2D eigenvalue weighted by atomic mass is 16.5. The predicted octanol–water partition coefficient (Wildman–Crippen LogP) is 6.60. The third-order valence-electron chi connectivity index (χ3n) is 4.47. The Hall–Kier alpha value is -0.830. The van der Waals surface area contributed by atoms with Gasteiger partial charge in [0.05, 0.1) is 6.61 Å². The Morgan fingerprint density at radius 3 is 1.40 bits per heavy atom. The highest BCUT2D eigenvalue weighted by Crippen LogP contribution is 2.13. The second kappa shape index (κ2) is 19.5. The van der Waals surface area contributed by atoms with Gasteiger partial charge in [0.2, 0.25) is 0 Å². The van der Waals surface area contributed by atoms with Gasteiger partial charge in [0.15, 0.2) is 0 Å². The van der Waals surface area contributed by atoms with Gasteiger partial charge in [-0.2, -0.15) is 0 Å². The zero-order valence-electron chi connectivity index (χ0n) is 17.0. The molecular weight excluding hydrogens is 312 g/mol. The second-order valence-electron chi connectivity index (χ2n) is 7.06. The van der Waals surface area contributed by atoms with E-state index in [0.29, 0.717) is 12.2 Å². The molecule has 0 aliphatic rings. The second-order valence-corrected chi connectivity index (χ2v) is 7.06. The first-order chi connectivity index (χ1) is 12.2. The highest BCUT2D eigenvalue weighted by molar-refractivity contribution is 5.86. The van der Waals surface area contributed by atoms with Crippen LogP contribution < -0.4 is 0 Å². The highest BCUT2D eigenvalue weighted by Gasteiger charge is 2.01. The number of hydrogen-bond donors (Lipinski definition) is 0. The molecule has 25 heavy (non-hydrogen) atoms. The molecule has 0 aromatic heterocycles. The van der Waals surface area contributed by atoms with Gasteiger partial charge in [0.1, 0.15) is 0 Å². The van der Waals surface area contributed by atoms with E-state index in [9.17, 15) is 4.79 Å². The average Bonchev–Trinajstić information content (AvgIpc) is 2.60. The van der Waals surface area contributed by atoms with Gasteiger partial charge >= 0.3 is 5.97 Å². The Morgan fingerprint density at radius 1 is 0.680 bits per heavy atom. The largest absolute Gasteiger partial charge is 0.462 e. The molecule has 0 atom stereocenters. The summed E-state index contributed by atoms with van der Waals surface area (Å²) in [7, 11) is 0. The maximum absolute atomic E-state index is 11.2. The lowest BCUT2D eigenvalue weighted by atomic mass is 10.0. The minimum atomic E-state index is -0.259. The van der Waals surface area contributed by atoms with Crippen molar-refractivity contribution in [1.29, 1.82) is 0 Å². The van der Waals surface area contributed by atoms with Gasteiger partial charge in [-0.15, -0.1) is 0 Å². The normalized spacial score (nSPS) is 10.8. The van der Waals surface area contributed by atoms with E-state index in [1.165, 1.54) is 77.0 Å². The van der Waals surface area contributed by atoms with Crippen molar-refractivity contribution in [3.8, 4) is 0 Å². The van der Waals surface area contributed by atoms with E-state index in [4.69, 9.17) is 9.47 Å². The fourth-order valence-electron chi connectivity index (χ4n) is 2.86. The van der Waals surface area contributed by atoms with Crippen LogP contribution in [0.15, 0.2) is 12.2 Å². The predicted molar refractivity (Wildman–Crippen MR) is 107 cm³/mol. The summed E-state index contributed by atoms with van der Waals surface area (Å²) in [6.45, 7) is 9.65. The summed E-state index contributed by atoms with van der Waals surface area (Å²) >= 11 is 0. The van der Waals surface area contributed by atoms with Gasteiger partial charge < -0.3 is 9.47 Å². The van der Waals surface area contributed by atoms with Crippen LogP contribution in [0.1, 0.15) is 104 Å². The summed E-state index contributed by atoms with van der Waals surface area (Å²) in [5, 5.41) is 0. The molecule has 0 fully saturated rings. The third kappa shape index (κ3) is 19.3. The Bertz CT molecular complexity index is 312. The SMILES string of the molecule is C=C(C)C(=O)OCCCCCCCCCCCCCCCCOCC. The zero-order valence-corrected chi connectivity index (χ0v) is 17.0. The lowest BCUT2D eigenvalue weighted by Gasteiger charge is -2.05. The van der Waals surface area contributed by atoms with E-state index in [2.05, 4.69) is 13.5 Å². The van der Waals surface area contributed by atoms with Gasteiger partial charge in [0, 0.05) is 18.8 Å². The third-order valence-corrected chi connectivity index (χ3v) is 4.47. The monoisotopic (exact) mass is 354 g/mol. The van der Waals surface area contributed by atoms with Crippen molar-refractivity contribution < 1.29 is 14.3 Å². The fraction of sp³-hybridized carbons (Fsp3) is 0.864. The van der Waals surface area contributed by atoms with Crippen LogP contribution in [0.3, 0.4) is 0 Å². The first-order valence-corrected chi connectivity index (χ1v) is 10.6. The molecule has 0 heterocycles. The average molecular weight is 355 g/mol. The lowest BCUT2D eigenvalue weighted by Crippen LogP contribution is -2.05. The first-order valence-electron chi connectivity index (χ1n) is 10.6. The number of rotatable bonds is 19. The van der Waals surface area contributed by atoms with Crippen LogP contribution in [0.25, 0.3) is 0 Å². The van der Waals surface area contributed by atoms with Crippen molar-refractivity contribution in [2.24, 2.45) is 0 Å². The summed E-state index contributed by atoms with van der Waals surface area (Å²) in [5.41, 5.74) is 0.488. The Balaban J connectivity index is 3.05. The van der Waals surface area contributed by atoms with Gasteiger partial charge in [-0.05, 0) is 26.7 Å². The molecule has 0 amide bonds. The van der Waals surface area contributed by atoms with Crippen LogP contribution in [-0.4, -0.2) is 25.8 Å². The quantitative estimate of drug-likeness (QED) is 0.149. The molecule has 0 saturated carbocycles. The molecule has 0 unspecified atom stereocenters. The smallest absolute Gasteiger partial charge is 0.333 e. The summed E-state index contributed by atoms with van der Waals surface area (Å²) in [5.74, 6) is -0.259. The zero-order chi connectivity index (χ0) is 18.6. The van der Waals surface area contributed by atoms with E-state index < -0.39 is 0 Å². The van der Waals surface area contributed by atoms with Gasteiger partial charge in [-0.1, -0.05) is 83.6 Å². The number of esters is 1. The Labute approximate surface area is 156 Å². The molecule has 0 aliphatic carbocycles. The first kappa shape index (κ1) is 24.2. The minimum absolute atomic E-state index is 0.259. The summed E-state index contributed by atoms with van der Waals surface area (Å²) in [6.07, 6.45) is 18.3.